The fraction of sp³-hybridized carbons (Fsp3) is 0.353. The summed E-state index contributed by atoms with van der Waals surface area (Å²) in [6.07, 6.45) is 5.75. The molecule has 0 aliphatic carbocycles. The van der Waals surface area contributed by atoms with Gasteiger partial charge < -0.3 is 14.8 Å². The lowest BCUT2D eigenvalue weighted by Crippen LogP contribution is -2.35. The minimum Gasteiger partial charge on any atom is -0.486 e. The van der Waals surface area contributed by atoms with Crippen LogP contribution in [-0.2, 0) is 17.6 Å². The van der Waals surface area contributed by atoms with Gasteiger partial charge in [0, 0.05) is 42.1 Å². The van der Waals surface area contributed by atoms with Crippen LogP contribution >= 0.6 is 11.6 Å². The number of rotatable bonds is 5. The molecule has 1 aromatic carbocycles. The fourth-order valence-electron chi connectivity index (χ4n) is 2.54. The van der Waals surface area contributed by atoms with Gasteiger partial charge in [-0.2, -0.15) is 0 Å². The first-order chi connectivity index (χ1) is 11.6. The van der Waals surface area contributed by atoms with E-state index < -0.39 is 0 Å². The van der Waals surface area contributed by atoms with Crippen LogP contribution in [0.3, 0.4) is 0 Å². The predicted octanol–water partition coefficient (Wildman–Crippen LogP) is 2.19. The number of carbonyl (C=O) groups excluding carboxylic acids is 1. The molecule has 1 amide bonds. The van der Waals surface area contributed by atoms with Gasteiger partial charge >= 0.3 is 0 Å². The van der Waals surface area contributed by atoms with Crippen molar-refractivity contribution in [2.24, 2.45) is 0 Å². The number of nitrogens with zero attached hydrogens (tertiary/aromatic N) is 2. The Bertz CT molecular complexity index is 725. The Morgan fingerprint density at radius 3 is 2.75 bits per heavy atom. The van der Waals surface area contributed by atoms with Crippen molar-refractivity contribution in [3.05, 3.63) is 47.0 Å². The van der Waals surface area contributed by atoms with E-state index >= 15 is 0 Å². The van der Waals surface area contributed by atoms with Crippen LogP contribution in [0.25, 0.3) is 0 Å². The highest BCUT2D eigenvalue weighted by Crippen LogP contribution is 2.35. The largest absolute Gasteiger partial charge is 0.486 e. The molecule has 126 valence electrons. The highest BCUT2D eigenvalue weighted by Gasteiger charge is 2.17. The summed E-state index contributed by atoms with van der Waals surface area (Å²) in [6, 6.07) is 3.41. The molecule has 1 aliphatic rings. The minimum atomic E-state index is -0.107. The van der Waals surface area contributed by atoms with Gasteiger partial charge in [-0.1, -0.05) is 11.6 Å². The third-order valence-electron chi connectivity index (χ3n) is 3.60. The Labute approximate surface area is 145 Å². The van der Waals surface area contributed by atoms with Crippen LogP contribution < -0.4 is 14.8 Å². The molecule has 0 saturated carbocycles. The number of benzene rings is 1. The Kier molecular flexibility index (Phi) is 5.15. The Hall–Kier alpha value is -2.34. The zero-order chi connectivity index (χ0) is 16.9. The number of hydrogen-bond acceptors (Lipinski definition) is 5. The van der Waals surface area contributed by atoms with Crippen molar-refractivity contribution < 1.29 is 14.3 Å². The average molecular weight is 348 g/mol. The summed E-state index contributed by atoms with van der Waals surface area (Å²) in [5.41, 5.74) is 1.55. The van der Waals surface area contributed by atoms with Gasteiger partial charge in [-0.25, -0.2) is 0 Å². The van der Waals surface area contributed by atoms with Crippen molar-refractivity contribution in [1.29, 1.82) is 0 Å². The molecule has 24 heavy (non-hydrogen) atoms. The lowest BCUT2D eigenvalue weighted by molar-refractivity contribution is -0.121. The van der Waals surface area contributed by atoms with Crippen LogP contribution in [0.1, 0.15) is 18.2 Å². The molecule has 2 heterocycles. The molecule has 0 bridgehead atoms. The molecule has 0 unspecified atom stereocenters. The smallest absolute Gasteiger partial charge is 0.224 e. The highest BCUT2D eigenvalue weighted by atomic mass is 35.5. The number of ether oxygens (including phenoxy) is 2. The molecular weight excluding hydrogens is 330 g/mol. The second-order valence-corrected chi connectivity index (χ2v) is 6.04. The van der Waals surface area contributed by atoms with E-state index in [0.29, 0.717) is 41.7 Å². The van der Waals surface area contributed by atoms with E-state index in [0.717, 1.165) is 5.69 Å². The van der Waals surface area contributed by atoms with Gasteiger partial charge in [0.1, 0.15) is 13.2 Å². The van der Waals surface area contributed by atoms with Gasteiger partial charge in [-0.05, 0) is 18.6 Å². The molecule has 1 N–H and O–H groups in total. The number of amides is 1. The molecule has 0 fully saturated rings. The number of hydrogen-bond donors (Lipinski definition) is 1. The summed E-state index contributed by atoms with van der Waals surface area (Å²) < 4.78 is 11.0. The molecule has 7 heteroatoms. The van der Waals surface area contributed by atoms with Crippen LogP contribution in [0.4, 0.5) is 0 Å². The van der Waals surface area contributed by atoms with Gasteiger partial charge in [0.05, 0.1) is 12.1 Å². The summed E-state index contributed by atoms with van der Waals surface area (Å²) in [4.78, 5) is 20.5. The second kappa shape index (κ2) is 7.49. The van der Waals surface area contributed by atoms with E-state index in [1.165, 1.54) is 0 Å². The monoisotopic (exact) mass is 347 g/mol. The van der Waals surface area contributed by atoms with Crippen molar-refractivity contribution in [3.8, 4) is 11.5 Å². The molecule has 1 atom stereocenters. The second-order valence-electron chi connectivity index (χ2n) is 5.63. The molecule has 0 radical (unpaired) electrons. The molecular formula is C17H18ClN3O3. The number of nitrogens with one attached hydrogen (secondary N) is 1. The number of fused-ring (bicyclic) bond motifs is 1. The maximum atomic E-state index is 12.3. The van der Waals surface area contributed by atoms with Crippen LogP contribution in [0.2, 0.25) is 5.02 Å². The van der Waals surface area contributed by atoms with Crippen molar-refractivity contribution >= 4 is 17.5 Å². The first-order valence-corrected chi connectivity index (χ1v) is 8.12. The number of aromatic nitrogens is 2. The zero-order valence-corrected chi connectivity index (χ0v) is 14.0. The normalized spacial score (nSPS) is 14.1. The van der Waals surface area contributed by atoms with Gasteiger partial charge in [-0.3, -0.25) is 14.8 Å². The van der Waals surface area contributed by atoms with E-state index in [4.69, 9.17) is 21.1 Å². The van der Waals surface area contributed by atoms with Crippen LogP contribution in [0.5, 0.6) is 11.5 Å². The Balaban J connectivity index is 1.60. The van der Waals surface area contributed by atoms with Crippen LogP contribution in [-0.4, -0.2) is 35.1 Å². The van der Waals surface area contributed by atoms with E-state index in [1.807, 2.05) is 6.92 Å². The molecule has 6 nitrogen and oxygen atoms in total. The molecule has 1 aromatic heterocycles. The van der Waals surface area contributed by atoms with Crippen molar-refractivity contribution in [3.63, 3.8) is 0 Å². The lowest BCUT2D eigenvalue weighted by atomic mass is 10.1. The van der Waals surface area contributed by atoms with Gasteiger partial charge in [-0.15, -0.1) is 0 Å². The zero-order valence-electron chi connectivity index (χ0n) is 13.3. The average Bonchev–Trinajstić information content (AvgIpc) is 2.56. The topological polar surface area (TPSA) is 73.3 Å². The number of halogens is 1. The third-order valence-corrected chi connectivity index (χ3v) is 3.95. The highest BCUT2D eigenvalue weighted by molar-refractivity contribution is 6.31. The Morgan fingerprint density at radius 1 is 1.29 bits per heavy atom. The standard InChI is InChI=1S/C17H18ClN3O3/c1-11(6-13-10-19-2-3-20-13)21-17(22)8-12-7-15-16(9-14(12)18)24-5-4-23-15/h2-3,7,9-11H,4-6,8H2,1H3,(H,21,22)/t11-/m0/s1. The van der Waals surface area contributed by atoms with Gasteiger partial charge in [0.25, 0.3) is 0 Å². The lowest BCUT2D eigenvalue weighted by Gasteiger charge is -2.20. The van der Waals surface area contributed by atoms with E-state index in [1.54, 1.807) is 30.7 Å². The van der Waals surface area contributed by atoms with E-state index in [9.17, 15) is 4.79 Å². The molecule has 2 aromatic rings. The van der Waals surface area contributed by atoms with E-state index in [-0.39, 0.29) is 18.4 Å². The summed E-state index contributed by atoms with van der Waals surface area (Å²) in [7, 11) is 0. The first kappa shape index (κ1) is 16.5. The van der Waals surface area contributed by atoms with E-state index in [2.05, 4.69) is 15.3 Å². The maximum absolute atomic E-state index is 12.3. The quantitative estimate of drug-likeness (QED) is 0.897. The maximum Gasteiger partial charge on any atom is 0.224 e. The minimum absolute atomic E-state index is 0.0508. The van der Waals surface area contributed by atoms with Crippen molar-refractivity contribution in [2.75, 3.05) is 13.2 Å². The molecule has 3 rings (SSSR count). The molecule has 0 spiro atoms. The summed E-state index contributed by atoms with van der Waals surface area (Å²) in [6.45, 7) is 2.93. The summed E-state index contributed by atoms with van der Waals surface area (Å²) in [5, 5.41) is 3.44. The first-order valence-electron chi connectivity index (χ1n) is 7.74. The summed E-state index contributed by atoms with van der Waals surface area (Å²) in [5.74, 6) is 1.14. The van der Waals surface area contributed by atoms with Gasteiger partial charge in [0.2, 0.25) is 5.91 Å². The van der Waals surface area contributed by atoms with Crippen molar-refractivity contribution in [1.82, 2.24) is 15.3 Å². The van der Waals surface area contributed by atoms with Gasteiger partial charge in [0.15, 0.2) is 11.5 Å². The van der Waals surface area contributed by atoms with Crippen molar-refractivity contribution in [2.45, 2.75) is 25.8 Å². The number of carbonyl (C=O) groups is 1. The van der Waals surface area contributed by atoms with Crippen LogP contribution in [0, 0.1) is 0 Å². The Morgan fingerprint density at radius 2 is 2.04 bits per heavy atom. The molecule has 0 saturated heterocycles. The fourth-order valence-corrected chi connectivity index (χ4v) is 2.76. The predicted molar refractivity (Wildman–Crippen MR) is 89.5 cm³/mol. The van der Waals surface area contributed by atoms with Crippen LogP contribution in [0.15, 0.2) is 30.7 Å². The summed E-state index contributed by atoms with van der Waals surface area (Å²) >= 11 is 6.24. The SMILES string of the molecule is C[C@@H](Cc1cnccn1)NC(=O)Cc1cc2c(cc1Cl)OCCO2. The molecule has 1 aliphatic heterocycles. The third kappa shape index (κ3) is 4.14.